The van der Waals surface area contributed by atoms with Crippen molar-refractivity contribution in [1.29, 1.82) is 0 Å². The number of rotatable bonds is 4. The molecule has 2 rings (SSSR count). The van der Waals surface area contributed by atoms with E-state index in [9.17, 15) is 5.11 Å². The summed E-state index contributed by atoms with van der Waals surface area (Å²) in [5.74, 6) is 0. The van der Waals surface area contributed by atoms with Gasteiger partial charge in [0.1, 0.15) is 0 Å². The minimum Gasteiger partial charge on any atom is -0.392 e. The van der Waals surface area contributed by atoms with Gasteiger partial charge in [0.2, 0.25) is 0 Å². The maximum absolute atomic E-state index is 10.0. The van der Waals surface area contributed by atoms with Gasteiger partial charge in [0.25, 0.3) is 0 Å². The molecule has 1 saturated carbocycles. The lowest BCUT2D eigenvalue weighted by Crippen LogP contribution is -2.43. The molecule has 0 radical (unpaired) electrons. The van der Waals surface area contributed by atoms with Crippen molar-refractivity contribution in [2.75, 3.05) is 0 Å². The molecule has 0 amide bonds. The number of aliphatic hydroxyl groups excluding tert-OH is 1. The highest BCUT2D eigenvalue weighted by atomic mass is 35.5. The molecule has 0 aromatic heterocycles. The van der Waals surface area contributed by atoms with E-state index >= 15 is 0 Å². The summed E-state index contributed by atoms with van der Waals surface area (Å²) in [6.07, 6.45) is 5.14. The van der Waals surface area contributed by atoms with E-state index in [-0.39, 0.29) is 18.2 Å². The van der Waals surface area contributed by atoms with Gasteiger partial charge in [-0.2, -0.15) is 0 Å². The number of hydrogen-bond donors (Lipinski definition) is 2. The van der Waals surface area contributed by atoms with Crippen LogP contribution in [0.25, 0.3) is 0 Å². The highest BCUT2D eigenvalue weighted by Gasteiger charge is 2.25. The summed E-state index contributed by atoms with van der Waals surface area (Å²) in [7, 11) is 0. The smallest absolute Gasteiger partial charge is 0.0693 e. The van der Waals surface area contributed by atoms with Crippen LogP contribution < -0.4 is 5.32 Å². The standard InChI is InChI=1S/C15H22ClNO/c1-2-13(11-6-5-7-12(16)10-11)17-14-8-3-4-9-15(14)18/h5-7,10,13-15,17-18H,2-4,8-9H2,1H3. The second-order valence-electron chi connectivity index (χ2n) is 5.14. The topological polar surface area (TPSA) is 32.3 Å². The quantitative estimate of drug-likeness (QED) is 0.872. The molecule has 0 saturated heterocycles. The van der Waals surface area contributed by atoms with Crippen molar-refractivity contribution in [3.63, 3.8) is 0 Å². The summed E-state index contributed by atoms with van der Waals surface area (Å²) in [5, 5.41) is 14.4. The van der Waals surface area contributed by atoms with E-state index in [2.05, 4.69) is 18.3 Å². The fourth-order valence-corrected chi connectivity index (χ4v) is 2.94. The lowest BCUT2D eigenvalue weighted by molar-refractivity contribution is 0.0844. The molecule has 18 heavy (non-hydrogen) atoms. The maximum Gasteiger partial charge on any atom is 0.0693 e. The number of halogens is 1. The average molecular weight is 268 g/mol. The Kier molecular flexibility index (Phi) is 5.04. The first-order valence-corrected chi connectivity index (χ1v) is 7.28. The molecule has 1 aromatic carbocycles. The van der Waals surface area contributed by atoms with Gasteiger partial charge in [0, 0.05) is 17.1 Å². The predicted octanol–water partition coefficient (Wildman–Crippen LogP) is 3.68. The Bertz CT molecular complexity index is 383. The minimum absolute atomic E-state index is 0.202. The first-order valence-electron chi connectivity index (χ1n) is 6.90. The summed E-state index contributed by atoms with van der Waals surface area (Å²) in [4.78, 5) is 0. The SMILES string of the molecule is CCC(NC1CCCCC1O)c1cccc(Cl)c1. The van der Waals surface area contributed by atoms with Crippen LogP contribution in [0.3, 0.4) is 0 Å². The number of nitrogens with one attached hydrogen (secondary N) is 1. The van der Waals surface area contributed by atoms with Gasteiger partial charge in [-0.25, -0.2) is 0 Å². The Morgan fingerprint density at radius 1 is 1.39 bits per heavy atom. The van der Waals surface area contributed by atoms with Crippen LogP contribution in [0, 0.1) is 0 Å². The molecule has 3 heteroatoms. The molecule has 1 aliphatic carbocycles. The van der Waals surface area contributed by atoms with E-state index in [0.29, 0.717) is 0 Å². The third-order valence-corrected chi connectivity index (χ3v) is 4.04. The molecule has 2 nitrogen and oxygen atoms in total. The van der Waals surface area contributed by atoms with E-state index in [0.717, 1.165) is 30.7 Å². The lowest BCUT2D eigenvalue weighted by Gasteiger charge is -2.32. The second kappa shape index (κ2) is 6.55. The van der Waals surface area contributed by atoms with Crippen molar-refractivity contribution in [1.82, 2.24) is 5.32 Å². The Morgan fingerprint density at radius 2 is 2.17 bits per heavy atom. The Labute approximate surface area is 114 Å². The highest BCUT2D eigenvalue weighted by molar-refractivity contribution is 6.30. The number of aliphatic hydroxyl groups is 1. The zero-order valence-corrected chi connectivity index (χ0v) is 11.7. The molecule has 2 N–H and O–H groups in total. The summed E-state index contributed by atoms with van der Waals surface area (Å²) in [6.45, 7) is 2.16. The van der Waals surface area contributed by atoms with Crippen molar-refractivity contribution in [2.24, 2.45) is 0 Å². The van der Waals surface area contributed by atoms with Crippen molar-refractivity contribution >= 4 is 11.6 Å². The Morgan fingerprint density at radius 3 is 2.83 bits per heavy atom. The zero-order valence-electron chi connectivity index (χ0n) is 10.9. The third kappa shape index (κ3) is 3.47. The van der Waals surface area contributed by atoms with Crippen LogP contribution in [0.15, 0.2) is 24.3 Å². The Hall–Kier alpha value is -0.570. The molecule has 0 spiro atoms. The minimum atomic E-state index is -0.202. The van der Waals surface area contributed by atoms with Crippen molar-refractivity contribution in [3.05, 3.63) is 34.9 Å². The summed E-state index contributed by atoms with van der Waals surface area (Å²) in [5.41, 5.74) is 1.21. The fraction of sp³-hybridized carbons (Fsp3) is 0.600. The first kappa shape index (κ1) is 13.9. The predicted molar refractivity (Wildman–Crippen MR) is 75.9 cm³/mol. The van der Waals surface area contributed by atoms with Gasteiger partial charge in [0.15, 0.2) is 0 Å². The molecule has 1 aliphatic rings. The summed E-state index contributed by atoms with van der Waals surface area (Å²) < 4.78 is 0. The molecule has 100 valence electrons. The highest BCUT2D eigenvalue weighted by Crippen LogP contribution is 2.25. The molecule has 0 aliphatic heterocycles. The molecule has 3 atom stereocenters. The largest absolute Gasteiger partial charge is 0.392 e. The van der Waals surface area contributed by atoms with Crippen LogP contribution in [0.2, 0.25) is 5.02 Å². The van der Waals surface area contributed by atoms with E-state index in [1.165, 1.54) is 12.0 Å². The van der Waals surface area contributed by atoms with E-state index in [1.807, 2.05) is 18.2 Å². The van der Waals surface area contributed by atoms with E-state index < -0.39 is 0 Å². The summed E-state index contributed by atoms with van der Waals surface area (Å²) in [6, 6.07) is 8.50. The van der Waals surface area contributed by atoms with Gasteiger partial charge in [-0.1, -0.05) is 43.5 Å². The van der Waals surface area contributed by atoms with Gasteiger partial charge in [-0.3, -0.25) is 0 Å². The van der Waals surface area contributed by atoms with Crippen LogP contribution >= 0.6 is 11.6 Å². The van der Waals surface area contributed by atoms with Crippen LogP contribution in [0.5, 0.6) is 0 Å². The maximum atomic E-state index is 10.0. The molecular formula is C15H22ClNO. The fourth-order valence-electron chi connectivity index (χ4n) is 2.74. The van der Waals surface area contributed by atoms with Crippen LogP contribution in [-0.4, -0.2) is 17.3 Å². The molecule has 1 fully saturated rings. The van der Waals surface area contributed by atoms with Crippen LogP contribution in [-0.2, 0) is 0 Å². The van der Waals surface area contributed by atoms with Gasteiger partial charge >= 0.3 is 0 Å². The molecule has 0 heterocycles. The zero-order chi connectivity index (χ0) is 13.0. The van der Waals surface area contributed by atoms with Crippen LogP contribution in [0.1, 0.15) is 50.6 Å². The summed E-state index contributed by atoms with van der Waals surface area (Å²) >= 11 is 6.04. The lowest BCUT2D eigenvalue weighted by atomic mass is 9.91. The molecule has 3 unspecified atom stereocenters. The Balaban J connectivity index is 2.04. The number of benzene rings is 1. The normalized spacial score (nSPS) is 25.9. The molecule has 1 aromatic rings. The monoisotopic (exact) mass is 267 g/mol. The van der Waals surface area contributed by atoms with Crippen molar-refractivity contribution < 1.29 is 5.11 Å². The first-order chi connectivity index (χ1) is 8.70. The van der Waals surface area contributed by atoms with Gasteiger partial charge in [-0.05, 0) is 37.0 Å². The van der Waals surface area contributed by atoms with Gasteiger partial charge in [-0.15, -0.1) is 0 Å². The van der Waals surface area contributed by atoms with Gasteiger partial charge < -0.3 is 10.4 Å². The second-order valence-corrected chi connectivity index (χ2v) is 5.58. The number of hydrogen-bond acceptors (Lipinski definition) is 2. The molecule has 0 bridgehead atoms. The average Bonchev–Trinajstić information content (AvgIpc) is 2.38. The van der Waals surface area contributed by atoms with E-state index in [1.54, 1.807) is 0 Å². The van der Waals surface area contributed by atoms with E-state index in [4.69, 9.17) is 11.6 Å². The van der Waals surface area contributed by atoms with Crippen molar-refractivity contribution in [3.8, 4) is 0 Å². The molecular weight excluding hydrogens is 246 g/mol. The van der Waals surface area contributed by atoms with Crippen LogP contribution in [0.4, 0.5) is 0 Å². The third-order valence-electron chi connectivity index (χ3n) is 3.80. The van der Waals surface area contributed by atoms with Crippen molar-refractivity contribution in [2.45, 2.75) is 57.2 Å². The van der Waals surface area contributed by atoms with Gasteiger partial charge in [0.05, 0.1) is 6.10 Å².